The van der Waals surface area contributed by atoms with Crippen molar-refractivity contribution >= 4 is 23.3 Å². The van der Waals surface area contributed by atoms with Crippen LogP contribution in [0.3, 0.4) is 0 Å². The van der Waals surface area contributed by atoms with E-state index in [0.29, 0.717) is 15.8 Å². The lowest BCUT2D eigenvalue weighted by Gasteiger charge is -2.29. The first-order valence-corrected chi connectivity index (χ1v) is 16.5. The van der Waals surface area contributed by atoms with Crippen LogP contribution in [0.25, 0.3) is 23.0 Å². The van der Waals surface area contributed by atoms with Crippen LogP contribution in [0.4, 0.5) is 13.2 Å². The number of hydrogen-bond acceptors (Lipinski definition) is 6. The Balaban J connectivity index is 1.31. The highest BCUT2D eigenvalue weighted by Gasteiger charge is 2.45. The highest BCUT2D eigenvalue weighted by atomic mass is 19.4. The number of fused-ring (bicyclic) bond motifs is 2. The molecule has 2 unspecified atom stereocenters. The Labute approximate surface area is 287 Å². The minimum atomic E-state index is -4.75. The molecule has 1 saturated carbocycles. The highest BCUT2D eigenvalue weighted by molar-refractivity contribution is 6.09. The predicted octanol–water partition coefficient (Wildman–Crippen LogP) is 8.99. The number of nitrogens with zero attached hydrogens (tertiary/aromatic N) is 5. The molecule has 0 saturated heterocycles. The van der Waals surface area contributed by atoms with Crippen LogP contribution in [0.2, 0.25) is 0 Å². The first kappa shape index (κ1) is 33.1. The Morgan fingerprint density at radius 1 is 0.920 bits per heavy atom. The number of ether oxygens (including phenoxy) is 2. The van der Waals surface area contributed by atoms with Gasteiger partial charge in [-0.2, -0.15) is 23.4 Å². The van der Waals surface area contributed by atoms with Crippen molar-refractivity contribution in [2.45, 2.75) is 51.2 Å². The third-order valence-corrected chi connectivity index (χ3v) is 9.43. The monoisotopic (exact) mass is 679 g/mol. The van der Waals surface area contributed by atoms with E-state index < -0.39 is 23.8 Å². The number of aromatic nitrogens is 3. The number of amides is 1. The summed E-state index contributed by atoms with van der Waals surface area (Å²) >= 11 is 0. The molecule has 7 rings (SSSR count). The molecule has 1 fully saturated rings. The van der Waals surface area contributed by atoms with Gasteiger partial charge in [0.15, 0.2) is 17.0 Å². The molecule has 2 aromatic heterocycles. The van der Waals surface area contributed by atoms with Crippen LogP contribution >= 0.6 is 0 Å². The summed E-state index contributed by atoms with van der Waals surface area (Å²) in [5, 5.41) is 10.5. The van der Waals surface area contributed by atoms with E-state index in [0.717, 1.165) is 59.1 Å². The van der Waals surface area contributed by atoms with Crippen molar-refractivity contribution in [2.24, 2.45) is 11.0 Å². The van der Waals surface area contributed by atoms with E-state index in [4.69, 9.17) is 14.6 Å². The number of allylic oxidation sites excluding steroid dienone is 1. The number of alkyl halides is 3. The van der Waals surface area contributed by atoms with E-state index in [9.17, 15) is 18.0 Å². The van der Waals surface area contributed by atoms with Crippen molar-refractivity contribution in [3.63, 3.8) is 0 Å². The second-order valence-electron chi connectivity index (χ2n) is 12.9. The molecule has 3 heterocycles. The minimum absolute atomic E-state index is 0.0866. The van der Waals surface area contributed by atoms with Crippen LogP contribution in [0.1, 0.15) is 77.9 Å². The molecule has 11 heteroatoms. The van der Waals surface area contributed by atoms with Crippen LogP contribution < -0.4 is 9.47 Å². The van der Waals surface area contributed by atoms with E-state index in [1.165, 1.54) is 11.1 Å². The van der Waals surface area contributed by atoms with E-state index in [2.05, 4.69) is 16.2 Å². The van der Waals surface area contributed by atoms with Gasteiger partial charge >= 0.3 is 6.18 Å². The zero-order chi connectivity index (χ0) is 35.2. The van der Waals surface area contributed by atoms with Crippen molar-refractivity contribution in [1.29, 1.82) is 0 Å². The van der Waals surface area contributed by atoms with Crippen molar-refractivity contribution in [3.05, 3.63) is 119 Å². The molecule has 0 radical (unpaired) electrons. The van der Waals surface area contributed by atoms with Gasteiger partial charge in [0, 0.05) is 17.5 Å². The predicted molar refractivity (Wildman–Crippen MR) is 185 cm³/mol. The third-order valence-electron chi connectivity index (χ3n) is 9.43. The van der Waals surface area contributed by atoms with E-state index in [1.807, 2.05) is 74.5 Å². The van der Waals surface area contributed by atoms with Crippen LogP contribution in [0.15, 0.2) is 95.6 Å². The molecule has 1 aliphatic heterocycles. The smallest absolute Gasteiger partial charge is 0.433 e. The van der Waals surface area contributed by atoms with Crippen molar-refractivity contribution < 1.29 is 27.4 Å². The van der Waals surface area contributed by atoms with Gasteiger partial charge in [-0.05, 0) is 83.9 Å². The number of carbonyl (C=O) groups is 1. The van der Waals surface area contributed by atoms with Crippen LogP contribution in [-0.4, -0.2) is 45.4 Å². The average Bonchev–Trinajstić information content (AvgIpc) is 3.74. The summed E-state index contributed by atoms with van der Waals surface area (Å²) in [6, 6.07) is 24.2. The Bertz CT molecular complexity index is 2100. The third kappa shape index (κ3) is 6.23. The molecular formula is C39H36F3N5O3. The van der Waals surface area contributed by atoms with Crippen LogP contribution in [0, 0.1) is 5.92 Å². The number of rotatable bonds is 7. The zero-order valence-corrected chi connectivity index (χ0v) is 28.1. The molecule has 5 aromatic rings. The summed E-state index contributed by atoms with van der Waals surface area (Å²) in [5.74, 6) is 0.928. The normalized spacial score (nSPS) is 18.4. The maximum absolute atomic E-state index is 14.5. The van der Waals surface area contributed by atoms with Gasteiger partial charge in [0.05, 0.1) is 31.7 Å². The quantitative estimate of drug-likeness (QED) is 0.172. The molecule has 0 bridgehead atoms. The molecule has 3 aromatic carbocycles. The largest absolute Gasteiger partial charge is 0.497 e. The second kappa shape index (κ2) is 13.1. The highest BCUT2D eigenvalue weighted by Crippen LogP contribution is 2.45. The number of methoxy groups -OCH3 is 2. The molecule has 8 nitrogen and oxygen atoms in total. The van der Waals surface area contributed by atoms with E-state index in [-0.39, 0.29) is 28.9 Å². The molecule has 50 heavy (non-hydrogen) atoms. The fourth-order valence-electron chi connectivity index (χ4n) is 6.79. The zero-order valence-electron chi connectivity index (χ0n) is 28.1. The SMILES string of the molecule is COc1ccc(/C=C2\CCCC3C2=NN(C(=O)c2cc4nc(-c5ccc(C(C)C)cc5)cc(C(F)(F)F)n4n2)C3c2ccc(OC)cc2)cc1. The molecule has 2 aliphatic rings. The fourth-order valence-corrected chi connectivity index (χ4v) is 6.79. The molecule has 0 spiro atoms. The summed E-state index contributed by atoms with van der Waals surface area (Å²) in [4.78, 5) is 18.9. The number of hydrogen-bond donors (Lipinski definition) is 0. The Kier molecular flexibility index (Phi) is 8.67. The molecule has 1 amide bonds. The van der Waals surface area contributed by atoms with Gasteiger partial charge < -0.3 is 9.47 Å². The van der Waals surface area contributed by atoms with Gasteiger partial charge in [-0.15, -0.1) is 0 Å². The van der Waals surface area contributed by atoms with Gasteiger partial charge in [0.25, 0.3) is 5.91 Å². The Morgan fingerprint density at radius 2 is 1.58 bits per heavy atom. The number of hydrazone groups is 1. The first-order valence-electron chi connectivity index (χ1n) is 16.5. The van der Waals surface area contributed by atoms with Crippen molar-refractivity contribution in [3.8, 4) is 22.8 Å². The second-order valence-corrected chi connectivity index (χ2v) is 12.9. The summed E-state index contributed by atoms with van der Waals surface area (Å²) in [6.45, 7) is 4.09. The lowest BCUT2D eigenvalue weighted by atomic mass is 9.77. The van der Waals surface area contributed by atoms with Gasteiger partial charge in [-0.1, -0.05) is 62.4 Å². The van der Waals surface area contributed by atoms with Gasteiger partial charge in [0.2, 0.25) is 0 Å². The van der Waals surface area contributed by atoms with Gasteiger partial charge in [-0.25, -0.2) is 14.5 Å². The summed E-state index contributed by atoms with van der Waals surface area (Å²) in [5.41, 5.74) is 4.02. The van der Waals surface area contributed by atoms with Gasteiger partial charge in [0.1, 0.15) is 11.5 Å². The van der Waals surface area contributed by atoms with Crippen molar-refractivity contribution in [1.82, 2.24) is 19.6 Å². The molecular weight excluding hydrogens is 643 g/mol. The van der Waals surface area contributed by atoms with Crippen LogP contribution in [-0.2, 0) is 6.18 Å². The fraction of sp³-hybridized carbons (Fsp3) is 0.282. The Hall–Kier alpha value is -5.45. The molecule has 256 valence electrons. The minimum Gasteiger partial charge on any atom is -0.497 e. The Morgan fingerprint density at radius 3 is 2.20 bits per heavy atom. The number of carbonyl (C=O) groups excluding carboxylic acids is 1. The topological polar surface area (TPSA) is 81.3 Å². The lowest BCUT2D eigenvalue weighted by Crippen LogP contribution is -2.32. The molecule has 2 atom stereocenters. The standard InChI is InChI=1S/C39H36F3N5O3/c1-23(2)25-10-12-26(13-11-25)32-21-34(39(40,41)42)46-35(43-32)22-33(44-46)38(48)47-37(27-14-18-30(50-4)19-15-27)31-7-5-6-28(36(31)45-47)20-24-8-16-29(49-3)17-9-24/h8-23,31,37H,5-7H2,1-4H3/b28-20+. The summed E-state index contributed by atoms with van der Waals surface area (Å²) in [7, 11) is 3.20. The van der Waals surface area contributed by atoms with Crippen LogP contribution in [0.5, 0.6) is 11.5 Å². The number of halogens is 3. The molecule has 1 aliphatic carbocycles. The average molecular weight is 680 g/mol. The maximum Gasteiger partial charge on any atom is 0.433 e. The molecule has 0 N–H and O–H groups in total. The maximum atomic E-state index is 14.5. The number of benzene rings is 3. The summed E-state index contributed by atoms with van der Waals surface area (Å²) in [6.07, 6.45) is -0.247. The van der Waals surface area contributed by atoms with E-state index in [1.54, 1.807) is 26.4 Å². The lowest BCUT2D eigenvalue weighted by molar-refractivity contribution is -0.142. The van der Waals surface area contributed by atoms with Crippen molar-refractivity contribution in [2.75, 3.05) is 14.2 Å². The van der Waals surface area contributed by atoms with Gasteiger partial charge in [-0.3, -0.25) is 4.79 Å². The van der Waals surface area contributed by atoms with E-state index >= 15 is 0 Å². The summed E-state index contributed by atoms with van der Waals surface area (Å²) < 4.78 is 54.8. The first-order chi connectivity index (χ1) is 24.0.